The molecular formula is C22H21O4P. The zero-order valence-electron chi connectivity index (χ0n) is 15.5. The van der Waals surface area contributed by atoms with E-state index in [1.54, 1.807) is 12.1 Å². The van der Waals surface area contributed by atoms with Gasteiger partial charge in [-0.15, -0.1) is 0 Å². The topological polar surface area (TPSA) is 44.8 Å². The predicted octanol–water partition coefficient (Wildman–Crippen LogP) is 6.41. The number of rotatable bonds is 2. The molecule has 0 bridgehead atoms. The van der Waals surface area contributed by atoms with Crippen LogP contribution in [-0.4, -0.2) is 0 Å². The van der Waals surface area contributed by atoms with Crippen LogP contribution in [0.15, 0.2) is 66.7 Å². The summed E-state index contributed by atoms with van der Waals surface area (Å²) in [6.45, 7) is 5.95. The highest BCUT2D eigenvalue weighted by molar-refractivity contribution is 7.49. The maximum Gasteiger partial charge on any atom is 0.647 e. The number of phosphoric ester groups is 1. The third kappa shape index (κ3) is 3.33. The number of aryl methyl sites for hydroxylation is 2. The molecule has 1 heterocycles. The molecule has 0 amide bonds. The second kappa shape index (κ2) is 6.79. The number of hydrogen-bond acceptors (Lipinski definition) is 4. The highest BCUT2D eigenvalue weighted by Gasteiger charge is 2.39. The van der Waals surface area contributed by atoms with E-state index >= 15 is 0 Å². The first-order chi connectivity index (χ1) is 13.0. The first-order valence-electron chi connectivity index (χ1n) is 8.90. The summed E-state index contributed by atoms with van der Waals surface area (Å²) in [6.07, 6.45) is 0. The predicted molar refractivity (Wildman–Crippen MR) is 106 cm³/mol. The molecule has 0 radical (unpaired) electrons. The molecule has 0 spiro atoms. The summed E-state index contributed by atoms with van der Waals surface area (Å²) in [5, 5.41) is 0. The zero-order valence-corrected chi connectivity index (χ0v) is 16.4. The Balaban J connectivity index is 1.90. The Hall–Kier alpha value is -2.71. The van der Waals surface area contributed by atoms with Gasteiger partial charge in [0.25, 0.3) is 0 Å². The molecule has 4 rings (SSSR count). The first kappa shape index (κ1) is 17.7. The van der Waals surface area contributed by atoms with Gasteiger partial charge >= 0.3 is 7.82 Å². The molecule has 3 aromatic rings. The average molecular weight is 380 g/mol. The molecule has 0 N–H and O–H groups in total. The van der Waals surface area contributed by atoms with E-state index in [-0.39, 0.29) is 5.92 Å². The van der Waals surface area contributed by atoms with Crippen molar-refractivity contribution in [1.82, 2.24) is 0 Å². The lowest BCUT2D eigenvalue weighted by atomic mass is 9.89. The van der Waals surface area contributed by atoms with E-state index < -0.39 is 7.82 Å². The van der Waals surface area contributed by atoms with Gasteiger partial charge in [0.05, 0.1) is 0 Å². The molecule has 1 aliphatic rings. The summed E-state index contributed by atoms with van der Waals surface area (Å²) in [7, 11) is -3.95. The maximum absolute atomic E-state index is 13.6. The fraction of sp³-hybridized carbons (Fsp3) is 0.182. The minimum Gasteiger partial charge on any atom is -0.386 e. The van der Waals surface area contributed by atoms with E-state index in [0.29, 0.717) is 17.2 Å². The second-order valence-electron chi connectivity index (χ2n) is 6.74. The molecule has 0 aliphatic carbocycles. The van der Waals surface area contributed by atoms with Crippen molar-refractivity contribution in [1.29, 1.82) is 0 Å². The van der Waals surface area contributed by atoms with Crippen LogP contribution in [0.1, 0.15) is 35.1 Å². The van der Waals surface area contributed by atoms with Crippen LogP contribution in [0.2, 0.25) is 0 Å². The van der Waals surface area contributed by atoms with E-state index in [1.807, 2.05) is 68.4 Å². The van der Waals surface area contributed by atoms with E-state index in [9.17, 15) is 4.57 Å². The van der Waals surface area contributed by atoms with Gasteiger partial charge in [0.2, 0.25) is 0 Å². The van der Waals surface area contributed by atoms with Crippen LogP contribution in [0, 0.1) is 13.8 Å². The van der Waals surface area contributed by atoms with Crippen molar-refractivity contribution in [2.45, 2.75) is 26.7 Å². The number of para-hydroxylation sites is 3. The van der Waals surface area contributed by atoms with Gasteiger partial charge in [0, 0.05) is 17.0 Å². The van der Waals surface area contributed by atoms with E-state index in [2.05, 4.69) is 6.92 Å². The maximum atomic E-state index is 13.6. The van der Waals surface area contributed by atoms with Crippen molar-refractivity contribution in [2.24, 2.45) is 0 Å². The van der Waals surface area contributed by atoms with Crippen LogP contribution in [-0.2, 0) is 4.57 Å². The molecule has 3 aromatic carbocycles. The van der Waals surface area contributed by atoms with E-state index in [4.69, 9.17) is 13.6 Å². The highest BCUT2D eigenvalue weighted by atomic mass is 31.2. The van der Waals surface area contributed by atoms with Crippen LogP contribution in [0.4, 0.5) is 0 Å². The fourth-order valence-corrected chi connectivity index (χ4v) is 4.78. The standard InChI is InChI=1S/C22H21O4P/c1-15-9-7-13-19-17(3)20-14-8-10-16(2)22(20)26-27(23,25-21(15)19)24-18-11-5-4-6-12-18/h4-14,17H,1-3H3. The quantitative estimate of drug-likeness (QED) is 0.482. The number of benzene rings is 3. The molecule has 0 saturated carbocycles. The van der Waals surface area contributed by atoms with Crippen molar-refractivity contribution in [3.05, 3.63) is 89.0 Å². The first-order valence-corrected chi connectivity index (χ1v) is 10.4. The Morgan fingerprint density at radius 2 is 1.30 bits per heavy atom. The molecule has 138 valence electrons. The van der Waals surface area contributed by atoms with Crippen LogP contribution < -0.4 is 13.6 Å². The van der Waals surface area contributed by atoms with E-state index in [0.717, 1.165) is 22.3 Å². The van der Waals surface area contributed by atoms with Crippen molar-refractivity contribution >= 4 is 7.82 Å². The molecule has 0 saturated heterocycles. The summed E-state index contributed by atoms with van der Waals surface area (Å²) in [6, 6.07) is 20.8. The van der Waals surface area contributed by atoms with Gasteiger partial charge < -0.3 is 13.6 Å². The third-order valence-corrected chi connectivity index (χ3v) is 6.03. The van der Waals surface area contributed by atoms with Crippen molar-refractivity contribution in [3.8, 4) is 17.2 Å². The van der Waals surface area contributed by atoms with Gasteiger partial charge in [0.1, 0.15) is 17.2 Å². The molecular weight excluding hydrogens is 359 g/mol. The molecule has 0 unspecified atom stereocenters. The van der Waals surface area contributed by atoms with Gasteiger partial charge in [-0.2, -0.15) is 4.57 Å². The van der Waals surface area contributed by atoms with Crippen molar-refractivity contribution in [2.75, 3.05) is 0 Å². The van der Waals surface area contributed by atoms with Gasteiger partial charge in [-0.3, -0.25) is 0 Å². The Morgan fingerprint density at radius 1 is 0.778 bits per heavy atom. The summed E-state index contributed by atoms with van der Waals surface area (Å²) in [4.78, 5) is 0. The normalized spacial score (nSPS) is 20.9. The Kier molecular flexibility index (Phi) is 4.45. The lowest BCUT2D eigenvalue weighted by molar-refractivity contribution is 0.291. The van der Waals surface area contributed by atoms with Crippen LogP contribution in [0.3, 0.4) is 0 Å². The molecule has 0 fully saturated rings. The largest absolute Gasteiger partial charge is 0.647 e. The van der Waals surface area contributed by atoms with Gasteiger partial charge in [-0.05, 0) is 37.1 Å². The Morgan fingerprint density at radius 3 is 1.81 bits per heavy atom. The second-order valence-corrected chi connectivity index (χ2v) is 8.18. The van der Waals surface area contributed by atoms with Gasteiger partial charge in [-0.1, -0.05) is 61.5 Å². The fourth-order valence-electron chi connectivity index (χ4n) is 3.34. The summed E-state index contributed by atoms with van der Waals surface area (Å²) >= 11 is 0. The lowest BCUT2D eigenvalue weighted by Gasteiger charge is -2.29. The molecule has 4 nitrogen and oxygen atoms in total. The zero-order chi connectivity index (χ0) is 19.0. The molecule has 0 atom stereocenters. The van der Waals surface area contributed by atoms with E-state index in [1.165, 1.54) is 0 Å². The number of phosphoric acid groups is 1. The Bertz CT molecular complexity index is 970. The van der Waals surface area contributed by atoms with Gasteiger partial charge in [0.15, 0.2) is 0 Å². The summed E-state index contributed by atoms with van der Waals surface area (Å²) < 4.78 is 31.3. The summed E-state index contributed by atoms with van der Waals surface area (Å²) in [5.74, 6) is 1.56. The molecule has 1 aliphatic heterocycles. The van der Waals surface area contributed by atoms with Crippen LogP contribution in [0.25, 0.3) is 0 Å². The monoisotopic (exact) mass is 380 g/mol. The Labute approximate surface area is 159 Å². The van der Waals surface area contributed by atoms with Crippen molar-refractivity contribution in [3.63, 3.8) is 0 Å². The summed E-state index contributed by atoms with van der Waals surface area (Å²) in [5.41, 5.74) is 3.69. The minimum absolute atomic E-state index is 0.0280. The number of fused-ring (bicyclic) bond motifs is 2. The highest BCUT2D eigenvalue weighted by Crippen LogP contribution is 2.56. The van der Waals surface area contributed by atoms with Crippen LogP contribution in [0.5, 0.6) is 17.2 Å². The lowest BCUT2D eigenvalue weighted by Crippen LogP contribution is -2.15. The molecule has 5 heteroatoms. The smallest absolute Gasteiger partial charge is 0.386 e. The average Bonchev–Trinajstić information content (AvgIpc) is 2.64. The van der Waals surface area contributed by atoms with Crippen molar-refractivity contribution < 1.29 is 18.1 Å². The van der Waals surface area contributed by atoms with Crippen LogP contribution >= 0.6 is 7.82 Å². The SMILES string of the molecule is Cc1cccc2c1OP(=O)(Oc1ccccc1)Oc1c(C)cccc1C2C. The minimum atomic E-state index is -3.95. The molecule has 27 heavy (non-hydrogen) atoms. The van der Waals surface area contributed by atoms with Gasteiger partial charge in [-0.25, -0.2) is 0 Å². The third-order valence-electron chi connectivity index (χ3n) is 4.78. The number of hydrogen-bond donors (Lipinski definition) is 0. The molecule has 0 aromatic heterocycles.